The van der Waals surface area contributed by atoms with E-state index in [-0.39, 0.29) is 30.9 Å². The van der Waals surface area contributed by atoms with Crippen molar-refractivity contribution in [2.45, 2.75) is 44.9 Å². The molecule has 2 aliphatic heterocycles. The van der Waals surface area contributed by atoms with Gasteiger partial charge in [-0.25, -0.2) is 9.78 Å². The van der Waals surface area contributed by atoms with Gasteiger partial charge in [-0.15, -0.1) is 0 Å². The first kappa shape index (κ1) is 30.8. The largest absolute Gasteiger partial charge is 0.494 e. The second-order valence-corrected chi connectivity index (χ2v) is 10.4. The molecule has 3 heterocycles. The summed E-state index contributed by atoms with van der Waals surface area (Å²) < 4.78 is 16.4. The number of carbonyl (C=O) groups excluding carboxylic acids is 2. The summed E-state index contributed by atoms with van der Waals surface area (Å²) in [6, 6.07) is 20.5. The average molecular weight is 546 g/mol. The molecule has 0 radical (unpaired) electrons. The van der Waals surface area contributed by atoms with Gasteiger partial charge in [-0.2, -0.15) is 0 Å². The van der Waals surface area contributed by atoms with Crippen LogP contribution < -0.4 is 10.8 Å². The molecule has 212 valence electrons. The lowest BCUT2D eigenvalue weighted by atomic mass is 9.79. The number of H-pyrrole nitrogens is 1. The van der Waals surface area contributed by atoms with Crippen molar-refractivity contribution in [3.05, 3.63) is 84.8 Å². The molecular formula is C30H39BN4O5. The lowest BCUT2D eigenvalue weighted by Gasteiger charge is -2.32. The number of hydrogen-bond acceptors (Lipinski definition) is 7. The van der Waals surface area contributed by atoms with E-state index in [4.69, 9.17) is 9.31 Å². The first-order valence-electron chi connectivity index (χ1n) is 13.2. The number of ether oxygens (including phenoxy) is 1. The van der Waals surface area contributed by atoms with Crippen LogP contribution >= 0.6 is 0 Å². The highest BCUT2D eigenvalue weighted by atomic mass is 16.7. The van der Waals surface area contributed by atoms with Gasteiger partial charge in [0.1, 0.15) is 12.1 Å². The number of nitrogens with zero attached hydrogens (tertiary/aromatic N) is 2. The molecule has 2 aromatic carbocycles. The zero-order valence-corrected chi connectivity index (χ0v) is 24.1. The zero-order chi connectivity index (χ0) is 29.2. The molecule has 0 aliphatic carbocycles. The predicted octanol–water partition coefficient (Wildman–Crippen LogP) is 4.15. The molecule has 0 spiro atoms. The topological polar surface area (TPSA) is 106 Å². The molecule has 2 aliphatic rings. The lowest BCUT2D eigenvalue weighted by molar-refractivity contribution is -0.107. The Balaban J connectivity index is 0.000000259. The Morgan fingerprint density at radius 1 is 1.10 bits per heavy atom. The number of hydrogen-bond donors (Lipinski definition) is 2. The van der Waals surface area contributed by atoms with E-state index < -0.39 is 6.09 Å². The van der Waals surface area contributed by atoms with E-state index in [1.165, 1.54) is 7.11 Å². The molecule has 1 aromatic heterocycles. The van der Waals surface area contributed by atoms with Gasteiger partial charge in [0.05, 0.1) is 42.8 Å². The summed E-state index contributed by atoms with van der Waals surface area (Å²) in [5, 5.41) is 2.15. The van der Waals surface area contributed by atoms with E-state index in [1.54, 1.807) is 0 Å². The van der Waals surface area contributed by atoms with Crippen LogP contribution in [0.1, 0.15) is 39.6 Å². The number of likely N-dealkylation sites (N-methyl/N-ethyl adjacent to an activating group) is 1. The molecule has 9 nitrogen and oxygen atoms in total. The molecule has 2 N–H and O–H groups in total. The molecule has 3 aromatic rings. The van der Waals surface area contributed by atoms with Gasteiger partial charge < -0.3 is 29.1 Å². The van der Waals surface area contributed by atoms with Gasteiger partial charge in [0, 0.05) is 6.54 Å². The Morgan fingerprint density at radius 3 is 2.15 bits per heavy atom. The van der Waals surface area contributed by atoms with Crippen molar-refractivity contribution in [1.82, 2.24) is 20.2 Å². The third-order valence-corrected chi connectivity index (χ3v) is 6.99. The van der Waals surface area contributed by atoms with Crippen molar-refractivity contribution >= 4 is 25.0 Å². The zero-order valence-electron chi connectivity index (χ0n) is 24.1. The van der Waals surface area contributed by atoms with Crippen LogP contribution in [0.2, 0.25) is 0 Å². The van der Waals surface area contributed by atoms with Crippen LogP contribution in [0.15, 0.2) is 79.0 Å². The van der Waals surface area contributed by atoms with Gasteiger partial charge in [0.25, 0.3) is 0 Å². The van der Waals surface area contributed by atoms with Gasteiger partial charge in [0.15, 0.2) is 0 Å². The molecular weight excluding hydrogens is 507 g/mol. The van der Waals surface area contributed by atoms with Crippen LogP contribution in [0.4, 0.5) is 4.79 Å². The number of aldehydes is 1. The normalized spacial score (nSPS) is 18.6. The SMILES string of the molecule is CN1CC=CC1c1ncc(-c2ccc(B3OC(C)(C)C(C)(C)O3)cc2)[nH]1.COC(=O)NCC=O.c1ccccc1. The fraction of sp³-hybridized carbons (Fsp3) is 0.367. The number of nitrogens with one attached hydrogen (secondary N) is 2. The number of imidazole rings is 1. The summed E-state index contributed by atoms with van der Waals surface area (Å²) in [5.41, 5.74) is 2.51. The third kappa shape index (κ3) is 8.14. The van der Waals surface area contributed by atoms with Gasteiger partial charge in [-0.3, -0.25) is 4.90 Å². The van der Waals surface area contributed by atoms with E-state index in [0.717, 1.165) is 29.1 Å². The first-order chi connectivity index (χ1) is 19.1. The Labute approximate surface area is 237 Å². The second kappa shape index (κ2) is 14.1. The quantitative estimate of drug-likeness (QED) is 0.282. The van der Waals surface area contributed by atoms with Crippen LogP contribution in [0.25, 0.3) is 11.3 Å². The van der Waals surface area contributed by atoms with Crippen LogP contribution in [0.5, 0.6) is 0 Å². The molecule has 40 heavy (non-hydrogen) atoms. The van der Waals surface area contributed by atoms with Crippen LogP contribution in [0, 0.1) is 0 Å². The number of carbonyl (C=O) groups is 2. The van der Waals surface area contributed by atoms with E-state index in [1.807, 2.05) is 42.6 Å². The maximum atomic E-state index is 10.1. The van der Waals surface area contributed by atoms with E-state index in [2.05, 4.69) is 96.1 Å². The molecule has 10 heteroatoms. The Kier molecular flexibility index (Phi) is 10.8. The number of benzene rings is 2. The van der Waals surface area contributed by atoms with Crippen molar-refractivity contribution in [1.29, 1.82) is 0 Å². The smallest absolute Gasteiger partial charge is 0.453 e. The van der Waals surface area contributed by atoms with Crippen molar-refractivity contribution in [2.75, 3.05) is 27.2 Å². The maximum absolute atomic E-state index is 10.1. The highest BCUT2D eigenvalue weighted by Gasteiger charge is 2.51. The van der Waals surface area contributed by atoms with Crippen molar-refractivity contribution in [3.63, 3.8) is 0 Å². The van der Waals surface area contributed by atoms with Crippen LogP contribution in [-0.2, 0) is 18.8 Å². The first-order valence-corrected chi connectivity index (χ1v) is 13.2. The third-order valence-electron chi connectivity index (χ3n) is 6.99. The highest BCUT2D eigenvalue weighted by Crippen LogP contribution is 2.36. The van der Waals surface area contributed by atoms with Crippen LogP contribution in [-0.4, -0.2) is 72.8 Å². The molecule has 0 saturated carbocycles. The number of aromatic nitrogens is 2. The van der Waals surface area contributed by atoms with Crippen molar-refractivity contribution in [3.8, 4) is 11.3 Å². The fourth-order valence-electron chi connectivity index (χ4n) is 3.93. The highest BCUT2D eigenvalue weighted by molar-refractivity contribution is 6.62. The Morgan fingerprint density at radius 2 is 1.68 bits per heavy atom. The summed E-state index contributed by atoms with van der Waals surface area (Å²) in [4.78, 5) is 29.9. The minimum absolute atomic E-state index is 0.00662. The van der Waals surface area contributed by atoms with E-state index >= 15 is 0 Å². The summed E-state index contributed by atoms with van der Waals surface area (Å²) in [7, 11) is 3.01. The molecule has 0 bridgehead atoms. The number of rotatable bonds is 5. The Hall–Kier alpha value is -3.73. The minimum atomic E-state index is -0.586. The Bertz CT molecular complexity index is 1200. The summed E-state index contributed by atoms with van der Waals surface area (Å²) >= 11 is 0. The molecule has 1 saturated heterocycles. The van der Waals surface area contributed by atoms with E-state index in [9.17, 15) is 9.59 Å². The van der Waals surface area contributed by atoms with Gasteiger partial charge >= 0.3 is 13.2 Å². The van der Waals surface area contributed by atoms with Crippen molar-refractivity contribution in [2.24, 2.45) is 0 Å². The average Bonchev–Trinajstić information content (AvgIpc) is 3.66. The molecule has 1 unspecified atom stereocenters. The summed E-state index contributed by atoms with van der Waals surface area (Å²) in [6.07, 6.45) is 6.25. The fourth-order valence-corrected chi connectivity index (χ4v) is 3.93. The summed E-state index contributed by atoms with van der Waals surface area (Å²) in [5.74, 6) is 0.978. The standard InChI is InChI=1S/C20H26BN3O2.C6H6.C4H7NO3/c1-19(2)20(3,4)26-21(25-19)15-10-8-14(9-11-15)16-13-22-18(23-16)17-7-6-12-24(17)5;1-2-4-6-5-3-1;1-8-4(7)5-2-3-6/h6-11,13,17H,12H2,1-5H3,(H,22,23);1-6H;3H,2H2,1H3,(H,5,7). The molecule has 1 amide bonds. The van der Waals surface area contributed by atoms with Gasteiger partial charge in [-0.1, -0.05) is 72.8 Å². The maximum Gasteiger partial charge on any atom is 0.494 e. The van der Waals surface area contributed by atoms with Gasteiger partial charge in [-0.05, 0) is 45.8 Å². The summed E-state index contributed by atoms with van der Waals surface area (Å²) in [6.45, 7) is 9.25. The molecule has 1 fully saturated rings. The minimum Gasteiger partial charge on any atom is -0.453 e. The van der Waals surface area contributed by atoms with Gasteiger partial charge in [0.2, 0.25) is 0 Å². The lowest BCUT2D eigenvalue weighted by Crippen LogP contribution is -2.41. The molecule has 1 atom stereocenters. The number of alkyl carbamates (subject to hydrolysis) is 1. The number of methoxy groups -OCH3 is 1. The van der Waals surface area contributed by atoms with E-state index in [0.29, 0.717) is 6.29 Å². The predicted molar refractivity (Wildman–Crippen MR) is 157 cm³/mol. The number of amides is 1. The monoisotopic (exact) mass is 546 g/mol. The molecule has 5 rings (SSSR count). The van der Waals surface area contributed by atoms with Crippen LogP contribution in [0.3, 0.4) is 0 Å². The second-order valence-electron chi connectivity index (χ2n) is 10.4. The van der Waals surface area contributed by atoms with Crippen molar-refractivity contribution < 1.29 is 23.6 Å². The number of aromatic amines is 1.